The first-order chi connectivity index (χ1) is 8.04. The standard InChI is InChI=1S/C9H16Br2N2O4/c1-3-16-8(14)12-13(6-7(11)5-10)9(15)17-4-2/h7H,3-6H2,1-2H3,(H,12,14). The fraction of sp³-hybridized carbons (Fsp3) is 0.778. The van der Waals surface area contributed by atoms with Gasteiger partial charge in [0.15, 0.2) is 0 Å². The number of carbonyl (C=O) groups is 2. The summed E-state index contributed by atoms with van der Waals surface area (Å²) in [7, 11) is 0. The smallest absolute Gasteiger partial charge is 0.428 e. The lowest BCUT2D eigenvalue weighted by atomic mass is 10.5. The van der Waals surface area contributed by atoms with Crippen LogP contribution in [0.2, 0.25) is 0 Å². The van der Waals surface area contributed by atoms with E-state index in [9.17, 15) is 9.59 Å². The molecule has 0 bridgehead atoms. The van der Waals surface area contributed by atoms with Crippen molar-refractivity contribution in [1.29, 1.82) is 0 Å². The normalized spacial score (nSPS) is 11.5. The van der Waals surface area contributed by atoms with Crippen LogP contribution >= 0.6 is 31.9 Å². The van der Waals surface area contributed by atoms with Gasteiger partial charge in [0.2, 0.25) is 0 Å². The lowest BCUT2D eigenvalue weighted by Crippen LogP contribution is -2.49. The molecule has 1 unspecified atom stereocenters. The average Bonchev–Trinajstić information content (AvgIpc) is 2.28. The number of hydrogen-bond donors (Lipinski definition) is 1. The maximum absolute atomic E-state index is 11.5. The third-order valence-corrected chi connectivity index (χ3v) is 3.80. The molecule has 0 aliphatic heterocycles. The fourth-order valence-corrected chi connectivity index (χ4v) is 1.38. The van der Waals surface area contributed by atoms with Gasteiger partial charge in [-0.1, -0.05) is 31.9 Å². The summed E-state index contributed by atoms with van der Waals surface area (Å²) in [5, 5.41) is 1.70. The molecule has 0 spiro atoms. The van der Waals surface area contributed by atoms with Crippen LogP contribution in [0.15, 0.2) is 0 Å². The Bertz CT molecular complexity index is 253. The predicted molar refractivity (Wildman–Crippen MR) is 70.4 cm³/mol. The highest BCUT2D eigenvalue weighted by Gasteiger charge is 2.20. The third-order valence-electron chi connectivity index (χ3n) is 1.54. The zero-order chi connectivity index (χ0) is 13.3. The maximum Gasteiger partial charge on any atom is 0.428 e. The van der Waals surface area contributed by atoms with Crippen LogP contribution in [0.5, 0.6) is 0 Å². The number of rotatable bonds is 5. The van der Waals surface area contributed by atoms with Gasteiger partial charge in [-0.2, -0.15) is 0 Å². The maximum atomic E-state index is 11.5. The molecule has 0 aliphatic rings. The van der Waals surface area contributed by atoms with Gasteiger partial charge in [-0.3, -0.25) is 0 Å². The quantitative estimate of drug-likeness (QED) is 0.591. The highest BCUT2D eigenvalue weighted by Crippen LogP contribution is 2.06. The van der Waals surface area contributed by atoms with E-state index >= 15 is 0 Å². The van der Waals surface area contributed by atoms with E-state index in [1.807, 2.05) is 0 Å². The van der Waals surface area contributed by atoms with Crippen LogP contribution in [-0.4, -0.2) is 47.1 Å². The molecule has 0 saturated carbocycles. The van der Waals surface area contributed by atoms with Crippen LogP contribution in [0.25, 0.3) is 0 Å². The second kappa shape index (κ2) is 9.52. The van der Waals surface area contributed by atoms with Gasteiger partial charge in [0.1, 0.15) is 0 Å². The molecule has 1 N–H and O–H groups in total. The van der Waals surface area contributed by atoms with Crippen molar-refractivity contribution in [2.75, 3.05) is 25.1 Å². The number of amides is 2. The predicted octanol–water partition coefficient (Wildman–Crippen LogP) is 2.26. The minimum absolute atomic E-state index is 0.00571. The van der Waals surface area contributed by atoms with Gasteiger partial charge < -0.3 is 9.47 Å². The second-order valence-electron chi connectivity index (χ2n) is 2.89. The summed E-state index contributed by atoms with van der Waals surface area (Å²) in [6.07, 6.45) is -1.30. The molecule has 17 heavy (non-hydrogen) atoms. The Morgan fingerprint density at radius 1 is 1.29 bits per heavy atom. The Hall–Kier alpha value is -0.500. The lowest BCUT2D eigenvalue weighted by Gasteiger charge is -2.23. The van der Waals surface area contributed by atoms with Crippen LogP contribution in [0, 0.1) is 0 Å². The van der Waals surface area contributed by atoms with Gasteiger partial charge in [-0.15, -0.1) is 0 Å². The molecule has 0 aliphatic carbocycles. The number of nitrogens with zero attached hydrogens (tertiary/aromatic N) is 1. The molecule has 6 nitrogen and oxygen atoms in total. The van der Waals surface area contributed by atoms with Crippen molar-refractivity contribution in [2.24, 2.45) is 0 Å². The molecule has 0 aromatic rings. The van der Waals surface area contributed by atoms with E-state index in [0.29, 0.717) is 5.33 Å². The number of hydrogen-bond acceptors (Lipinski definition) is 4. The molecule has 0 heterocycles. The topological polar surface area (TPSA) is 67.9 Å². The Morgan fingerprint density at radius 3 is 2.35 bits per heavy atom. The van der Waals surface area contributed by atoms with Crippen molar-refractivity contribution < 1.29 is 19.1 Å². The summed E-state index contributed by atoms with van der Waals surface area (Å²) in [5.41, 5.74) is 2.31. The first-order valence-electron chi connectivity index (χ1n) is 5.12. The van der Waals surface area contributed by atoms with Gasteiger partial charge in [0, 0.05) is 10.2 Å². The van der Waals surface area contributed by atoms with Crippen LogP contribution in [0.4, 0.5) is 9.59 Å². The lowest BCUT2D eigenvalue weighted by molar-refractivity contribution is 0.0752. The van der Waals surface area contributed by atoms with E-state index in [4.69, 9.17) is 4.74 Å². The van der Waals surface area contributed by atoms with Crippen molar-refractivity contribution in [3.63, 3.8) is 0 Å². The Balaban J connectivity index is 4.38. The summed E-state index contributed by atoms with van der Waals surface area (Å²) in [6.45, 7) is 4.11. The van der Waals surface area contributed by atoms with E-state index < -0.39 is 12.2 Å². The van der Waals surface area contributed by atoms with Gasteiger partial charge >= 0.3 is 12.2 Å². The Labute approximate surface area is 117 Å². The summed E-state index contributed by atoms with van der Waals surface area (Å²) in [4.78, 5) is 22.7. The average molecular weight is 376 g/mol. The van der Waals surface area contributed by atoms with Crippen molar-refractivity contribution in [3.05, 3.63) is 0 Å². The minimum atomic E-state index is -0.685. The van der Waals surface area contributed by atoms with Crippen LogP contribution in [0.1, 0.15) is 13.8 Å². The summed E-state index contributed by atoms with van der Waals surface area (Å²) in [6, 6.07) is 0. The monoisotopic (exact) mass is 374 g/mol. The highest BCUT2D eigenvalue weighted by atomic mass is 79.9. The molecule has 0 fully saturated rings. The van der Waals surface area contributed by atoms with Crippen LogP contribution in [-0.2, 0) is 9.47 Å². The largest absolute Gasteiger partial charge is 0.449 e. The van der Waals surface area contributed by atoms with E-state index in [1.165, 1.54) is 0 Å². The molecule has 1 atom stereocenters. The first kappa shape index (κ1) is 16.5. The molecule has 0 saturated heterocycles. The molecule has 2 amide bonds. The second-order valence-corrected chi connectivity index (χ2v) is 4.84. The summed E-state index contributed by atoms with van der Waals surface area (Å²) >= 11 is 6.60. The van der Waals surface area contributed by atoms with Crippen LogP contribution in [0.3, 0.4) is 0 Å². The van der Waals surface area contributed by atoms with E-state index in [1.54, 1.807) is 13.8 Å². The van der Waals surface area contributed by atoms with Gasteiger partial charge in [0.05, 0.1) is 19.8 Å². The third kappa shape index (κ3) is 7.43. The molecule has 8 heteroatoms. The number of hydrazine groups is 1. The van der Waals surface area contributed by atoms with E-state index in [0.717, 1.165) is 5.01 Å². The van der Waals surface area contributed by atoms with Crippen molar-refractivity contribution in [1.82, 2.24) is 10.4 Å². The van der Waals surface area contributed by atoms with Crippen molar-refractivity contribution in [3.8, 4) is 0 Å². The van der Waals surface area contributed by atoms with Crippen LogP contribution < -0.4 is 5.43 Å². The molecular formula is C9H16Br2N2O4. The SMILES string of the molecule is CCOC(=O)NN(CC(Br)CBr)C(=O)OCC. The molecule has 100 valence electrons. The molecular weight excluding hydrogens is 360 g/mol. The van der Waals surface area contributed by atoms with Crippen molar-refractivity contribution >= 4 is 44.0 Å². The summed E-state index contributed by atoms with van der Waals surface area (Å²) in [5.74, 6) is 0. The Morgan fingerprint density at radius 2 is 1.88 bits per heavy atom. The van der Waals surface area contributed by atoms with Crippen molar-refractivity contribution in [2.45, 2.75) is 18.7 Å². The fourth-order valence-electron chi connectivity index (χ4n) is 0.888. The van der Waals surface area contributed by atoms with Gasteiger partial charge in [0.25, 0.3) is 0 Å². The number of ether oxygens (including phenoxy) is 2. The van der Waals surface area contributed by atoms with Gasteiger partial charge in [-0.05, 0) is 13.8 Å². The number of alkyl halides is 2. The highest BCUT2D eigenvalue weighted by molar-refractivity contribution is 9.12. The molecule has 0 radical (unpaired) electrons. The zero-order valence-corrected chi connectivity index (χ0v) is 12.9. The van der Waals surface area contributed by atoms with Gasteiger partial charge in [-0.25, -0.2) is 20.0 Å². The number of nitrogens with one attached hydrogen (secondary N) is 1. The number of halogens is 2. The first-order valence-corrected chi connectivity index (χ1v) is 7.16. The molecule has 0 aromatic carbocycles. The number of carbonyl (C=O) groups excluding carboxylic acids is 2. The molecule has 0 rings (SSSR count). The minimum Gasteiger partial charge on any atom is -0.449 e. The summed E-state index contributed by atoms with van der Waals surface area (Å²) < 4.78 is 9.50. The molecule has 0 aromatic heterocycles. The Kier molecular flexibility index (Phi) is 9.24. The van der Waals surface area contributed by atoms with E-state index in [-0.39, 0.29) is 24.6 Å². The van der Waals surface area contributed by atoms with E-state index in [2.05, 4.69) is 42.0 Å². The zero-order valence-electron chi connectivity index (χ0n) is 9.74.